The summed E-state index contributed by atoms with van der Waals surface area (Å²) in [6.45, 7) is 10.2. The Bertz CT molecular complexity index is 2040. The van der Waals surface area contributed by atoms with Gasteiger partial charge >= 0.3 is 0 Å². The lowest BCUT2D eigenvalue weighted by Crippen LogP contribution is -2.56. The molecule has 50 heavy (non-hydrogen) atoms. The van der Waals surface area contributed by atoms with Gasteiger partial charge in [-0.25, -0.2) is 19.9 Å². The number of aryl methyl sites for hydroxylation is 1. The fourth-order valence-electron chi connectivity index (χ4n) is 7.33. The Morgan fingerprint density at radius 2 is 1.94 bits per heavy atom. The van der Waals surface area contributed by atoms with Crippen molar-refractivity contribution < 1.29 is 14.3 Å². The molecule has 1 spiro atoms. The molecule has 5 aromatic heterocycles. The van der Waals surface area contributed by atoms with Gasteiger partial charge in [-0.1, -0.05) is 11.3 Å². The number of aromatic amines is 1. The number of amides is 2. The molecule has 3 saturated heterocycles. The van der Waals surface area contributed by atoms with Crippen LogP contribution in [0.25, 0.3) is 33.0 Å². The van der Waals surface area contributed by atoms with Crippen LogP contribution in [0.1, 0.15) is 33.6 Å². The monoisotopic (exact) mass is 696 g/mol. The first kappa shape index (κ1) is 32.3. The number of hydrogen-bond acceptors (Lipinski definition) is 12. The third-order valence-corrected chi connectivity index (χ3v) is 10.9. The number of carbonyl (C=O) groups is 2. The predicted octanol–water partition coefficient (Wildman–Crippen LogP) is 3.23. The Morgan fingerprint density at radius 1 is 1.08 bits per heavy atom. The van der Waals surface area contributed by atoms with Gasteiger partial charge in [0.1, 0.15) is 23.4 Å². The van der Waals surface area contributed by atoms with Crippen LogP contribution in [0.2, 0.25) is 0 Å². The van der Waals surface area contributed by atoms with Crippen LogP contribution in [0.5, 0.6) is 5.88 Å². The van der Waals surface area contributed by atoms with Crippen molar-refractivity contribution >= 4 is 45.1 Å². The molecule has 0 aliphatic carbocycles. The lowest BCUT2D eigenvalue weighted by Gasteiger charge is -2.40. The van der Waals surface area contributed by atoms with Crippen molar-refractivity contribution in [3.63, 3.8) is 0 Å². The third kappa shape index (κ3) is 5.95. The highest BCUT2D eigenvalue weighted by molar-refractivity contribution is 7.18. The summed E-state index contributed by atoms with van der Waals surface area (Å²) < 4.78 is 7.36. The molecule has 1 N–H and O–H groups in total. The number of aromatic nitrogens is 8. The number of thiazole rings is 1. The van der Waals surface area contributed by atoms with E-state index in [-0.39, 0.29) is 24.0 Å². The number of fused-ring (bicyclic) bond motifs is 1. The first-order valence-electron chi connectivity index (χ1n) is 17.0. The first-order chi connectivity index (χ1) is 24.2. The van der Waals surface area contributed by atoms with Crippen molar-refractivity contribution in [2.75, 3.05) is 55.6 Å². The molecular weight excluding hydrogens is 657 g/mol. The summed E-state index contributed by atoms with van der Waals surface area (Å²) in [5.41, 5.74) is 2.44. The standard InChI is InChI=1S/C34H40N12O3S/c1-21(2)49-27-8-5-23(15-35-27)29-30-24(39-40-29)6-7-26(38-30)46-12-10-34(32(46)48)9-11-43(19-34)18-28(47)45-14-13-44(17-22(45)3)33-36-16-25(50-33)31-37-20-42(4)41-31/h5-8,15-16,20-22H,9-14,17-19H2,1-4H3,(H,39,40)/t22?,34-/m0/s1. The minimum absolute atomic E-state index is 0.0313. The molecule has 3 aliphatic rings. The molecule has 2 amide bonds. The van der Waals surface area contributed by atoms with E-state index in [4.69, 9.17) is 9.72 Å². The number of ether oxygens (including phenoxy) is 1. The zero-order chi connectivity index (χ0) is 34.6. The van der Waals surface area contributed by atoms with E-state index in [1.165, 1.54) is 0 Å². The summed E-state index contributed by atoms with van der Waals surface area (Å²) in [6, 6.07) is 7.57. The van der Waals surface area contributed by atoms with Crippen molar-refractivity contribution in [3.05, 3.63) is 43.0 Å². The number of likely N-dealkylation sites (tertiary alicyclic amines) is 1. The molecule has 1 unspecified atom stereocenters. The van der Waals surface area contributed by atoms with Crippen LogP contribution < -0.4 is 14.5 Å². The molecule has 0 saturated carbocycles. The number of H-pyrrole nitrogens is 1. The van der Waals surface area contributed by atoms with E-state index in [0.29, 0.717) is 74.5 Å². The van der Waals surface area contributed by atoms with Crippen LogP contribution >= 0.6 is 11.3 Å². The first-order valence-corrected chi connectivity index (χ1v) is 17.9. The number of rotatable bonds is 8. The lowest BCUT2D eigenvalue weighted by atomic mass is 9.85. The van der Waals surface area contributed by atoms with Crippen molar-refractivity contribution in [1.29, 1.82) is 0 Å². The van der Waals surface area contributed by atoms with Gasteiger partial charge in [0.05, 0.1) is 34.7 Å². The van der Waals surface area contributed by atoms with Gasteiger partial charge in [-0.05, 0) is 58.4 Å². The SMILES string of the molecule is CC(C)Oc1ccc(-c2n[nH]c3ccc(N4CC[C@]5(CCN(CC(=O)N6CCN(c7ncc(-c8ncn(C)n8)s7)CC6C)C5)C4=O)nc23)cn1. The Labute approximate surface area is 293 Å². The zero-order valence-electron chi connectivity index (χ0n) is 28.6. The van der Waals surface area contributed by atoms with Crippen LogP contribution in [0, 0.1) is 5.41 Å². The molecule has 0 radical (unpaired) electrons. The summed E-state index contributed by atoms with van der Waals surface area (Å²) >= 11 is 1.57. The molecule has 0 bridgehead atoms. The van der Waals surface area contributed by atoms with Gasteiger partial charge in [0.25, 0.3) is 0 Å². The number of pyridine rings is 2. The quantitative estimate of drug-likeness (QED) is 0.254. The number of carbonyl (C=O) groups excluding carboxylic acids is 2. The van der Waals surface area contributed by atoms with Crippen LogP contribution in [0.3, 0.4) is 0 Å². The molecule has 2 atom stereocenters. The van der Waals surface area contributed by atoms with Crippen molar-refractivity contribution in [3.8, 4) is 27.8 Å². The normalized spacial score (nSPS) is 21.4. The Morgan fingerprint density at radius 3 is 2.70 bits per heavy atom. The molecule has 8 rings (SSSR count). The maximum atomic E-state index is 14.0. The summed E-state index contributed by atoms with van der Waals surface area (Å²) in [4.78, 5) is 55.0. The van der Waals surface area contributed by atoms with Gasteiger partial charge < -0.3 is 14.5 Å². The summed E-state index contributed by atoms with van der Waals surface area (Å²) in [5.74, 6) is 2.01. The molecular formula is C34H40N12O3S. The largest absolute Gasteiger partial charge is 0.475 e. The van der Waals surface area contributed by atoms with E-state index in [0.717, 1.165) is 33.9 Å². The minimum atomic E-state index is -0.512. The summed E-state index contributed by atoms with van der Waals surface area (Å²) in [7, 11) is 1.85. The Hall–Kier alpha value is -4.96. The molecule has 16 heteroatoms. The second-order valence-corrected chi connectivity index (χ2v) is 14.8. The number of nitrogens with zero attached hydrogens (tertiary/aromatic N) is 11. The van der Waals surface area contributed by atoms with E-state index in [2.05, 4.69) is 47.0 Å². The Balaban J connectivity index is 0.892. The summed E-state index contributed by atoms with van der Waals surface area (Å²) in [6.07, 6.45) is 6.71. The second-order valence-electron chi connectivity index (χ2n) is 13.8. The number of hydrogen-bond donors (Lipinski definition) is 1. The topological polar surface area (TPSA) is 154 Å². The van der Waals surface area contributed by atoms with Gasteiger partial charge in [-0.3, -0.25) is 29.2 Å². The van der Waals surface area contributed by atoms with E-state index in [1.54, 1.807) is 33.4 Å². The van der Waals surface area contributed by atoms with Gasteiger partial charge in [0, 0.05) is 63.6 Å². The summed E-state index contributed by atoms with van der Waals surface area (Å²) in [5, 5.41) is 12.9. The van der Waals surface area contributed by atoms with Crippen molar-refractivity contribution in [1.82, 2.24) is 49.7 Å². The highest BCUT2D eigenvalue weighted by atomic mass is 32.1. The third-order valence-electron chi connectivity index (χ3n) is 9.87. The highest BCUT2D eigenvalue weighted by Gasteiger charge is 2.51. The smallest absolute Gasteiger partial charge is 0.237 e. The van der Waals surface area contributed by atoms with Crippen molar-refractivity contribution in [2.45, 2.75) is 45.8 Å². The van der Waals surface area contributed by atoms with E-state index in [1.807, 2.05) is 56.3 Å². The van der Waals surface area contributed by atoms with E-state index >= 15 is 0 Å². The minimum Gasteiger partial charge on any atom is -0.475 e. The van der Waals surface area contributed by atoms with Gasteiger partial charge in [0.15, 0.2) is 11.0 Å². The van der Waals surface area contributed by atoms with Crippen LogP contribution in [0.15, 0.2) is 43.0 Å². The molecule has 3 fully saturated rings. The Kier molecular flexibility index (Phi) is 8.22. The average molecular weight is 697 g/mol. The molecule has 5 aromatic rings. The average Bonchev–Trinajstić information content (AvgIpc) is 3.94. The highest BCUT2D eigenvalue weighted by Crippen LogP contribution is 2.42. The van der Waals surface area contributed by atoms with Gasteiger partial charge in [0.2, 0.25) is 17.7 Å². The fraction of sp³-hybridized carbons (Fsp3) is 0.471. The zero-order valence-corrected chi connectivity index (χ0v) is 29.4. The predicted molar refractivity (Wildman–Crippen MR) is 189 cm³/mol. The maximum absolute atomic E-state index is 14.0. The van der Waals surface area contributed by atoms with Gasteiger partial charge in [-0.15, -0.1) is 0 Å². The number of nitrogens with one attached hydrogen (secondary N) is 1. The second kappa shape index (κ2) is 12.7. The molecule has 15 nitrogen and oxygen atoms in total. The maximum Gasteiger partial charge on any atom is 0.237 e. The fourth-order valence-corrected chi connectivity index (χ4v) is 8.22. The van der Waals surface area contributed by atoms with Gasteiger partial charge in [-0.2, -0.15) is 10.2 Å². The van der Waals surface area contributed by atoms with E-state index < -0.39 is 5.41 Å². The lowest BCUT2D eigenvalue weighted by molar-refractivity contribution is -0.135. The van der Waals surface area contributed by atoms with Crippen molar-refractivity contribution in [2.24, 2.45) is 12.5 Å². The molecule has 0 aromatic carbocycles. The number of piperazine rings is 1. The van der Waals surface area contributed by atoms with Crippen LogP contribution in [0.4, 0.5) is 10.9 Å². The van der Waals surface area contributed by atoms with E-state index in [9.17, 15) is 9.59 Å². The van der Waals surface area contributed by atoms with Crippen LogP contribution in [-0.4, -0.2) is 119 Å². The number of anilines is 2. The molecule has 3 aliphatic heterocycles. The molecule has 260 valence electrons. The molecule has 8 heterocycles. The van der Waals surface area contributed by atoms with Crippen LogP contribution in [-0.2, 0) is 16.6 Å².